The minimum absolute atomic E-state index is 0.0599. The summed E-state index contributed by atoms with van der Waals surface area (Å²) in [5, 5.41) is 0. The first kappa shape index (κ1) is 12.1. The summed E-state index contributed by atoms with van der Waals surface area (Å²) in [5.41, 5.74) is 1.55. The number of Topliss-reactive ketones (excluding diaryl/α,β-unsaturated/α-hetero) is 1. The molecule has 0 fully saturated rings. The van der Waals surface area contributed by atoms with Gasteiger partial charge in [0.2, 0.25) is 0 Å². The molecule has 1 aromatic rings. The van der Waals surface area contributed by atoms with Gasteiger partial charge in [-0.2, -0.15) is 0 Å². The van der Waals surface area contributed by atoms with Crippen LogP contribution in [0.2, 0.25) is 0 Å². The van der Waals surface area contributed by atoms with Crippen molar-refractivity contribution in [1.29, 1.82) is 0 Å². The standard InChI is InChI=1S/C10H10BrClOS/c1-6(11)10(13)7-2-3-9(14)8(4-7)5-12/h2-4,6,14H,5H2,1H3. The summed E-state index contributed by atoms with van der Waals surface area (Å²) in [6.45, 7) is 1.80. The molecule has 1 aromatic carbocycles. The van der Waals surface area contributed by atoms with E-state index >= 15 is 0 Å². The summed E-state index contributed by atoms with van der Waals surface area (Å²) in [4.78, 5) is 12.3. The third kappa shape index (κ3) is 2.75. The average molecular weight is 294 g/mol. The number of benzene rings is 1. The van der Waals surface area contributed by atoms with E-state index in [4.69, 9.17) is 11.6 Å². The second kappa shape index (κ2) is 5.19. The van der Waals surface area contributed by atoms with Crippen molar-refractivity contribution in [2.45, 2.75) is 22.5 Å². The third-order valence-corrected chi connectivity index (χ3v) is 3.01. The van der Waals surface area contributed by atoms with Crippen molar-refractivity contribution in [1.82, 2.24) is 0 Å². The molecule has 0 radical (unpaired) electrons. The van der Waals surface area contributed by atoms with Gasteiger partial charge in [0.1, 0.15) is 0 Å². The number of alkyl halides is 2. The first-order valence-electron chi connectivity index (χ1n) is 4.12. The maximum Gasteiger partial charge on any atom is 0.176 e. The molecule has 14 heavy (non-hydrogen) atoms. The summed E-state index contributed by atoms with van der Waals surface area (Å²) >= 11 is 13.2. The number of carbonyl (C=O) groups excluding carboxylic acids is 1. The molecule has 1 rings (SSSR count). The smallest absolute Gasteiger partial charge is 0.176 e. The lowest BCUT2D eigenvalue weighted by Gasteiger charge is -2.06. The Hall–Kier alpha value is 0.01000. The van der Waals surface area contributed by atoms with Crippen LogP contribution < -0.4 is 0 Å². The maximum absolute atomic E-state index is 11.6. The van der Waals surface area contributed by atoms with Gasteiger partial charge in [-0.05, 0) is 24.6 Å². The van der Waals surface area contributed by atoms with E-state index in [0.29, 0.717) is 11.4 Å². The van der Waals surface area contributed by atoms with Crippen LogP contribution in [0.15, 0.2) is 23.1 Å². The van der Waals surface area contributed by atoms with Crippen LogP contribution in [0.25, 0.3) is 0 Å². The molecule has 1 nitrogen and oxygen atoms in total. The molecule has 0 N–H and O–H groups in total. The molecule has 0 heterocycles. The highest BCUT2D eigenvalue weighted by atomic mass is 79.9. The molecule has 0 aliphatic heterocycles. The van der Waals surface area contributed by atoms with E-state index in [9.17, 15) is 4.79 Å². The largest absolute Gasteiger partial charge is 0.293 e. The molecule has 0 saturated carbocycles. The van der Waals surface area contributed by atoms with Crippen LogP contribution in [0.4, 0.5) is 0 Å². The summed E-state index contributed by atoms with van der Waals surface area (Å²) in [7, 11) is 0. The van der Waals surface area contributed by atoms with Crippen molar-refractivity contribution in [3.8, 4) is 0 Å². The van der Waals surface area contributed by atoms with E-state index in [0.717, 1.165) is 10.5 Å². The first-order valence-corrected chi connectivity index (χ1v) is 6.02. The number of ketones is 1. The van der Waals surface area contributed by atoms with Crippen LogP contribution in [-0.2, 0) is 5.88 Å². The van der Waals surface area contributed by atoms with E-state index in [1.165, 1.54) is 0 Å². The molecule has 0 aromatic heterocycles. The van der Waals surface area contributed by atoms with Gasteiger partial charge in [0, 0.05) is 16.3 Å². The fraction of sp³-hybridized carbons (Fsp3) is 0.300. The summed E-state index contributed by atoms with van der Waals surface area (Å²) in [5.74, 6) is 0.432. The number of carbonyl (C=O) groups is 1. The normalized spacial score (nSPS) is 12.6. The average Bonchev–Trinajstić information content (AvgIpc) is 2.17. The highest BCUT2D eigenvalue weighted by molar-refractivity contribution is 9.10. The Morgan fingerprint density at radius 3 is 2.79 bits per heavy atom. The molecule has 1 unspecified atom stereocenters. The van der Waals surface area contributed by atoms with Crippen LogP contribution in [0.3, 0.4) is 0 Å². The van der Waals surface area contributed by atoms with Gasteiger partial charge in [-0.15, -0.1) is 24.2 Å². The monoisotopic (exact) mass is 292 g/mol. The molecule has 1 atom stereocenters. The third-order valence-electron chi connectivity index (χ3n) is 1.87. The second-order valence-corrected chi connectivity index (χ2v) is 5.08. The van der Waals surface area contributed by atoms with E-state index in [2.05, 4.69) is 28.6 Å². The quantitative estimate of drug-likeness (QED) is 0.511. The minimum atomic E-state index is -0.170. The van der Waals surface area contributed by atoms with Crippen LogP contribution >= 0.6 is 40.2 Å². The van der Waals surface area contributed by atoms with E-state index in [1.807, 2.05) is 0 Å². The lowest BCUT2D eigenvalue weighted by atomic mass is 10.1. The number of halogens is 2. The van der Waals surface area contributed by atoms with Crippen molar-refractivity contribution < 1.29 is 4.79 Å². The zero-order valence-corrected chi connectivity index (χ0v) is 10.9. The Labute approximate surface area is 102 Å². The van der Waals surface area contributed by atoms with Gasteiger partial charge in [-0.25, -0.2) is 0 Å². The SMILES string of the molecule is CC(Br)C(=O)c1ccc(S)c(CCl)c1. The molecule has 0 aliphatic carbocycles. The van der Waals surface area contributed by atoms with Crippen LogP contribution in [0.5, 0.6) is 0 Å². The van der Waals surface area contributed by atoms with Crippen molar-refractivity contribution >= 4 is 45.9 Å². The zero-order chi connectivity index (χ0) is 10.7. The van der Waals surface area contributed by atoms with Crippen molar-refractivity contribution in [2.75, 3.05) is 0 Å². The van der Waals surface area contributed by atoms with Crippen LogP contribution in [0, 0.1) is 0 Å². The topological polar surface area (TPSA) is 17.1 Å². The Morgan fingerprint density at radius 1 is 1.64 bits per heavy atom. The number of hydrogen-bond donors (Lipinski definition) is 1. The van der Waals surface area contributed by atoms with E-state index in [1.54, 1.807) is 25.1 Å². The second-order valence-electron chi connectivity index (χ2n) is 2.96. The number of rotatable bonds is 3. The predicted octanol–water partition coefficient (Wildman–Crippen LogP) is 3.68. The molecule has 0 spiro atoms. The lowest BCUT2D eigenvalue weighted by Crippen LogP contribution is -2.10. The highest BCUT2D eigenvalue weighted by Crippen LogP contribution is 2.19. The fourth-order valence-electron chi connectivity index (χ4n) is 1.08. The maximum atomic E-state index is 11.6. The fourth-order valence-corrected chi connectivity index (χ4v) is 1.87. The molecule has 76 valence electrons. The number of thiol groups is 1. The Bertz CT molecular complexity index is 352. The molecule has 0 amide bonds. The lowest BCUT2D eigenvalue weighted by molar-refractivity contribution is 0.0995. The summed E-state index contributed by atoms with van der Waals surface area (Å²) < 4.78 is 0. The molecular weight excluding hydrogens is 284 g/mol. The van der Waals surface area contributed by atoms with Crippen molar-refractivity contribution in [3.63, 3.8) is 0 Å². The van der Waals surface area contributed by atoms with Gasteiger partial charge in [-0.3, -0.25) is 4.79 Å². The molecule has 0 bridgehead atoms. The Kier molecular flexibility index (Phi) is 4.48. The van der Waals surface area contributed by atoms with Crippen molar-refractivity contribution in [3.05, 3.63) is 29.3 Å². The molecule has 4 heteroatoms. The van der Waals surface area contributed by atoms with Crippen LogP contribution in [0.1, 0.15) is 22.8 Å². The van der Waals surface area contributed by atoms with E-state index in [-0.39, 0.29) is 10.6 Å². The van der Waals surface area contributed by atoms with Gasteiger partial charge in [-0.1, -0.05) is 22.0 Å². The van der Waals surface area contributed by atoms with Crippen molar-refractivity contribution in [2.24, 2.45) is 0 Å². The zero-order valence-electron chi connectivity index (χ0n) is 7.63. The summed E-state index contributed by atoms with van der Waals surface area (Å²) in [6, 6.07) is 5.34. The van der Waals surface area contributed by atoms with Gasteiger partial charge in [0.05, 0.1) is 4.83 Å². The first-order chi connectivity index (χ1) is 6.56. The van der Waals surface area contributed by atoms with Gasteiger partial charge in [0.15, 0.2) is 5.78 Å². The minimum Gasteiger partial charge on any atom is -0.293 e. The Balaban J connectivity index is 3.06. The predicted molar refractivity (Wildman–Crippen MR) is 66.0 cm³/mol. The van der Waals surface area contributed by atoms with E-state index < -0.39 is 0 Å². The van der Waals surface area contributed by atoms with Gasteiger partial charge in [0.25, 0.3) is 0 Å². The van der Waals surface area contributed by atoms with Gasteiger partial charge < -0.3 is 0 Å². The van der Waals surface area contributed by atoms with Crippen LogP contribution in [-0.4, -0.2) is 10.6 Å². The highest BCUT2D eigenvalue weighted by Gasteiger charge is 2.12. The summed E-state index contributed by atoms with van der Waals surface area (Å²) in [6.07, 6.45) is 0. The molecule has 0 saturated heterocycles. The molecular formula is C10H10BrClOS. The molecule has 0 aliphatic rings. The number of hydrogen-bond acceptors (Lipinski definition) is 2. The van der Waals surface area contributed by atoms with Gasteiger partial charge >= 0.3 is 0 Å². The Morgan fingerprint density at radius 2 is 2.29 bits per heavy atom.